The molecule has 0 saturated heterocycles. The highest BCUT2D eigenvalue weighted by Crippen LogP contribution is 2.33. The van der Waals surface area contributed by atoms with E-state index in [0.717, 1.165) is 18.2 Å². The number of amides is 1. The molecule has 1 N–H and O–H groups in total. The monoisotopic (exact) mass is 389 g/mol. The third kappa shape index (κ3) is 5.73. The van der Waals surface area contributed by atoms with Gasteiger partial charge in [-0.1, -0.05) is 23.7 Å². The number of benzene rings is 2. The molecule has 0 aromatic heterocycles. The fourth-order valence-electron chi connectivity index (χ4n) is 1.99. The SMILES string of the molecule is O=C(COC(=O)Cc1cccc(F)c1)Nc1cc(C(F)(F)F)ccc1Cl. The average molecular weight is 390 g/mol. The summed E-state index contributed by atoms with van der Waals surface area (Å²) in [5, 5.41) is 2.04. The maximum absolute atomic E-state index is 13.0. The predicted molar refractivity (Wildman–Crippen MR) is 86.1 cm³/mol. The largest absolute Gasteiger partial charge is 0.455 e. The molecule has 4 nitrogen and oxygen atoms in total. The van der Waals surface area contributed by atoms with Crippen LogP contribution in [0.15, 0.2) is 42.5 Å². The Morgan fingerprint density at radius 3 is 2.50 bits per heavy atom. The zero-order valence-electron chi connectivity index (χ0n) is 13.1. The number of hydrogen-bond acceptors (Lipinski definition) is 3. The summed E-state index contributed by atoms with van der Waals surface area (Å²) in [6, 6.07) is 7.72. The first-order chi connectivity index (χ1) is 12.1. The van der Waals surface area contributed by atoms with Gasteiger partial charge in [-0.25, -0.2) is 4.39 Å². The standard InChI is InChI=1S/C17H12ClF4NO3/c18-13-5-4-11(17(20,21)22)8-14(13)23-15(24)9-26-16(25)7-10-2-1-3-12(19)6-10/h1-6,8H,7,9H2,(H,23,24). The van der Waals surface area contributed by atoms with Crippen molar-refractivity contribution in [3.8, 4) is 0 Å². The molecule has 138 valence electrons. The van der Waals surface area contributed by atoms with Crippen LogP contribution in [0, 0.1) is 5.82 Å². The molecule has 9 heteroatoms. The van der Waals surface area contributed by atoms with E-state index in [9.17, 15) is 27.2 Å². The molecule has 0 atom stereocenters. The number of esters is 1. The van der Waals surface area contributed by atoms with E-state index in [1.54, 1.807) is 0 Å². The molecule has 2 rings (SSSR count). The summed E-state index contributed by atoms with van der Waals surface area (Å²) in [5.74, 6) is -2.17. The second-order valence-electron chi connectivity index (χ2n) is 5.21. The van der Waals surface area contributed by atoms with E-state index in [0.29, 0.717) is 11.6 Å². The van der Waals surface area contributed by atoms with Gasteiger partial charge in [0.05, 0.1) is 22.7 Å². The fourth-order valence-corrected chi connectivity index (χ4v) is 2.16. The van der Waals surface area contributed by atoms with Crippen LogP contribution in [0.3, 0.4) is 0 Å². The first kappa shape index (κ1) is 19.7. The van der Waals surface area contributed by atoms with Crippen molar-refractivity contribution < 1.29 is 31.9 Å². The molecule has 2 aromatic carbocycles. The lowest BCUT2D eigenvalue weighted by Crippen LogP contribution is -2.22. The van der Waals surface area contributed by atoms with Crippen LogP contribution < -0.4 is 5.32 Å². The van der Waals surface area contributed by atoms with Crippen LogP contribution in [0.4, 0.5) is 23.2 Å². The Hall–Kier alpha value is -2.61. The third-order valence-corrected chi connectivity index (χ3v) is 3.50. The number of nitrogens with one attached hydrogen (secondary N) is 1. The van der Waals surface area contributed by atoms with Crippen LogP contribution in [0.5, 0.6) is 0 Å². The van der Waals surface area contributed by atoms with E-state index in [-0.39, 0.29) is 17.1 Å². The molecule has 0 aliphatic heterocycles. The molecule has 0 fully saturated rings. The molecule has 0 spiro atoms. The minimum Gasteiger partial charge on any atom is -0.455 e. The van der Waals surface area contributed by atoms with Crippen molar-refractivity contribution in [1.29, 1.82) is 0 Å². The summed E-state index contributed by atoms with van der Waals surface area (Å²) in [4.78, 5) is 23.4. The summed E-state index contributed by atoms with van der Waals surface area (Å²) in [7, 11) is 0. The number of hydrogen-bond donors (Lipinski definition) is 1. The van der Waals surface area contributed by atoms with Gasteiger partial charge < -0.3 is 10.1 Å². The van der Waals surface area contributed by atoms with E-state index in [4.69, 9.17) is 16.3 Å². The van der Waals surface area contributed by atoms with Crippen LogP contribution >= 0.6 is 11.6 Å². The van der Waals surface area contributed by atoms with Gasteiger partial charge in [0, 0.05) is 0 Å². The van der Waals surface area contributed by atoms with Gasteiger partial charge >= 0.3 is 12.1 Å². The number of halogens is 5. The molecule has 0 bridgehead atoms. The van der Waals surface area contributed by atoms with Crippen molar-refractivity contribution in [3.63, 3.8) is 0 Å². The minimum absolute atomic E-state index is 0.0996. The summed E-state index contributed by atoms with van der Waals surface area (Å²) in [6.07, 6.45) is -4.85. The van der Waals surface area contributed by atoms with E-state index >= 15 is 0 Å². The van der Waals surface area contributed by atoms with E-state index < -0.39 is 36.0 Å². The number of rotatable bonds is 5. The maximum Gasteiger partial charge on any atom is 0.416 e. The summed E-state index contributed by atoms with van der Waals surface area (Å²) >= 11 is 5.75. The predicted octanol–water partition coefficient (Wildman–Crippen LogP) is 4.22. The lowest BCUT2D eigenvalue weighted by atomic mass is 10.1. The van der Waals surface area contributed by atoms with Crippen LogP contribution in [0.25, 0.3) is 0 Å². The Balaban J connectivity index is 1.91. The molecular weight excluding hydrogens is 378 g/mol. The highest BCUT2D eigenvalue weighted by atomic mass is 35.5. The van der Waals surface area contributed by atoms with Crippen molar-refractivity contribution in [2.24, 2.45) is 0 Å². The lowest BCUT2D eigenvalue weighted by molar-refractivity contribution is -0.146. The molecule has 0 radical (unpaired) electrons. The second kappa shape index (κ2) is 8.18. The van der Waals surface area contributed by atoms with Crippen LogP contribution in [0.1, 0.15) is 11.1 Å². The number of carbonyl (C=O) groups is 2. The first-order valence-corrected chi connectivity index (χ1v) is 7.59. The Bertz CT molecular complexity index is 824. The Kier molecular flexibility index (Phi) is 6.20. The van der Waals surface area contributed by atoms with E-state index in [1.165, 1.54) is 18.2 Å². The van der Waals surface area contributed by atoms with Gasteiger partial charge in [0.1, 0.15) is 5.82 Å². The number of alkyl halides is 3. The van der Waals surface area contributed by atoms with Crippen molar-refractivity contribution in [2.75, 3.05) is 11.9 Å². The lowest BCUT2D eigenvalue weighted by Gasteiger charge is -2.12. The van der Waals surface area contributed by atoms with Crippen molar-refractivity contribution in [1.82, 2.24) is 0 Å². The highest BCUT2D eigenvalue weighted by molar-refractivity contribution is 6.33. The van der Waals surface area contributed by atoms with Crippen LogP contribution in [-0.4, -0.2) is 18.5 Å². The second-order valence-corrected chi connectivity index (χ2v) is 5.62. The zero-order valence-corrected chi connectivity index (χ0v) is 13.8. The average Bonchev–Trinajstić information content (AvgIpc) is 2.54. The van der Waals surface area contributed by atoms with Crippen LogP contribution in [0.2, 0.25) is 5.02 Å². The van der Waals surface area contributed by atoms with Crippen LogP contribution in [-0.2, 0) is 26.9 Å². The Labute approximate surface area is 150 Å². The number of ether oxygens (including phenoxy) is 1. The van der Waals surface area contributed by atoms with Gasteiger partial charge in [-0.05, 0) is 35.9 Å². The van der Waals surface area contributed by atoms with E-state index in [1.807, 2.05) is 0 Å². The van der Waals surface area contributed by atoms with Gasteiger partial charge in [0.15, 0.2) is 6.61 Å². The molecule has 0 aliphatic carbocycles. The molecule has 0 heterocycles. The van der Waals surface area contributed by atoms with Crippen molar-refractivity contribution in [2.45, 2.75) is 12.6 Å². The third-order valence-electron chi connectivity index (χ3n) is 3.17. The summed E-state index contributed by atoms with van der Waals surface area (Å²) < 4.78 is 55.8. The molecule has 0 aliphatic rings. The normalized spacial score (nSPS) is 11.1. The Morgan fingerprint density at radius 1 is 1.12 bits per heavy atom. The molecular formula is C17H12ClF4NO3. The van der Waals surface area contributed by atoms with Gasteiger partial charge in [0.25, 0.3) is 5.91 Å². The molecule has 2 aromatic rings. The van der Waals surface area contributed by atoms with Gasteiger partial charge in [-0.2, -0.15) is 13.2 Å². The highest BCUT2D eigenvalue weighted by Gasteiger charge is 2.31. The molecule has 0 unspecified atom stereocenters. The molecule has 1 amide bonds. The smallest absolute Gasteiger partial charge is 0.416 e. The van der Waals surface area contributed by atoms with Gasteiger partial charge in [-0.3, -0.25) is 9.59 Å². The van der Waals surface area contributed by atoms with Crippen molar-refractivity contribution >= 4 is 29.2 Å². The number of anilines is 1. The zero-order chi connectivity index (χ0) is 19.3. The molecule has 0 saturated carbocycles. The number of carbonyl (C=O) groups excluding carboxylic acids is 2. The maximum atomic E-state index is 13.0. The molecule has 26 heavy (non-hydrogen) atoms. The van der Waals surface area contributed by atoms with Gasteiger partial charge in [-0.15, -0.1) is 0 Å². The fraction of sp³-hybridized carbons (Fsp3) is 0.176. The quantitative estimate of drug-likeness (QED) is 0.615. The first-order valence-electron chi connectivity index (χ1n) is 7.22. The minimum atomic E-state index is -4.60. The van der Waals surface area contributed by atoms with Gasteiger partial charge in [0.2, 0.25) is 0 Å². The Morgan fingerprint density at radius 2 is 1.85 bits per heavy atom. The van der Waals surface area contributed by atoms with Crippen molar-refractivity contribution in [3.05, 3.63) is 64.4 Å². The topological polar surface area (TPSA) is 55.4 Å². The summed E-state index contributed by atoms with van der Waals surface area (Å²) in [6.45, 7) is -0.722. The van der Waals surface area contributed by atoms with E-state index in [2.05, 4.69) is 5.32 Å². The summed E-state index contributed by atoms with van der Waals surface area (Å²) in [5.41, 5.74) is -0.885.